The molecule has 0 radical (unpaired) electrons. The van der Waals surface area contributed by atoms with Crippen molar-refractivity contribution in [1.29, 1.82) is 0 Å². The van der Waals surface area contributed by atoms with Crippen LogP contribution in [0.3, 0.4) is 0 Å². The van der Waals surface area contributed by atoms with Crippen LogP contribution in [0.1, 0.15) is 41.9 Å². The molecule has 6 heteroatoms. The molecule has 0 saturated heterocycles. The second kappa shape index (κ2) is 10.4. The summed E-state index contributed by atoms with van der Waals surface area (Å²) in [5, 5.41) is 11.4. The zero-order valence-corrected chi connectivity index (χ0v) is 18.2. The van der Waals surface area contributed by atoms with Gasteiger partial charge in [-0.05, 0) is 25.3 Å². The maximum Gasteiger partial charge on any atom is 0.191 e. The quantitative estimate of drug-likeness (QED) is 0.399. The Morgan fingerprint density at radius 3 is 2.28 bits per heavy atom. The molecule has 1 aromatic heterocycles. The number of nitrogens with one attached hydrogen (secondary N) is 2. The monoisotopic (exact) mass is 455 g/mol. The van der Waals surface area contributed by atoms with Crippen molar-refractivity contribution in [2.75, 3.05) is 7.05 Å². The van der Waals surface area contributed by atoms with Gasteiger partial charge in [0.05, 0.1) is 5.69 Å². The van der Waals surface area contributed by atoms with E-state index in [1.54, 1.807) is 7.05 Å². The van der Waals surface area contributed by atoms with Gasteiger partial charge >= 0.3 is 0 Å². The van der Waals surface area contributed by atoms with Crippen LogP contribution in [0.5, 0.6) is 0 Å². The molecule has 0 fully saturated rings. The molecule has 0 bridgehead atoms. The molecule has 5 nitrogen and oxygen atoms in total. The van der Waals surface area contributed by atoms with Gasteiger partial charge in [-0.25, -0.2) is 0 Å². The Hall–Kier alpha value is -1.57. The summed E-state index contributed by atoms with van der Waals surface area (Å²) in [6, 6.07) is 8.54. The summed E-state index contributed by atoms with van der Waals surface area (Å²) >= 11 is 0. The minimum atomic E-state index is 0. The Kier molecular flexibility index (Phi) is 8.96. The number of nitrogens with zero attached hydrogens (tertiary/aromatic N) is 3. The lowest BCUT2D eigenvalue weighted by molar-refractivity contribution is 0.702. The molecule has 0 unspecified atom stereocenters. The predicted octanol–water partition coefficient (Wildman–Crippen LogP) is 3.34. The third-order valence-electron chi connectivity index (χ3n) is 4.26. The molecule has 2 aromatic rings. The maximum atomic E-state index is 4.62. The molecule has 0 amide bonds. The highest BCUT2D eigenvalue weighted by Gasteiger charge is 2.13. The summed E-state index contributed by atoms with van der Waals surface area (Å²) < 4.78 is 2.00. The van der Waals surface area contributed by atoms with Crippen molar-refractivity contribution in [1.82, 2.24) is 20.4 Å². The van der Waals surface area contributed by atoms with E-state index in [2.05, 4.69) is 65.8 Å². The molecule has 0 atom stereocenters. The third kappa shape index (κ3) is 5.73. The number of aryl methyl sites for hydroxylation is 3. The molecule has 1 heterocycles. The molecule has 0 saturated carbocycles. The van der Waals surface area contributed by atoms with Crippen molar-refractivity contribution in [3.8, 4) is 0 Å². The molecular weight excluding hydrogens is 425 g/mol. The summed E-state index contributed by atoms with van der Waals surface area (Å²) in [7, 11) is 3.82. The van der Waals surface area contributed by atoms with E-state index in [0.717, 1.165) is 37.6 Å². The van der Waals surface area contributed by atoms with E-state index < -0.39 is 0 Å². The number of rotatable bonds is 6. The number of aromatic nitrogens is 2. The van der Waals surface area contributed by atoms with Crippen molar-refractivity contribution in [2.24, 2.45) is 12.0 Å². The average molecular weight is 455 g/mol. The highest BCUT2D eigenvalue weighted by Crippen LogP contribution is 2.15. The van der Waals surface area contributed by atoms with Crippen LogP contribution in [0, 0.1) is 6.92 Å². The van der Waals surface area contributed by atoms with Crippen LogP contribution in [0.4, 0.5) is 0 Å². The van der Waals surface area contributed by atoms with Gasteiger partial charge in [-0.2, -0.15) is 5.10 Å². The minimum absolute atomic E-state index is 0. The first kappa shape index (κ1) is 21.5. The maximum absolute atomic E-state index is 4.62. The van der Waals surface area contributed by atoms with Gasteiger partial charge in [0.15, 0.2) is 5.96 Å². The summed E-state index contributed by atoms with van der Waals surface area (Å²) in [5.41, 5.74) is 6.26. The lowest BCUT2D eigenvalue weighted by atomic mass is 10.1. The molecule has 138 valence electrons. The Bertz CT molecular complexity index is 689. The Morgan fingerprint density at radius 2 is 1.72 bits per heavy atom. The molecule has 0 aliphatic rings. The summed E-state index contributed by atoms with van der Waals surface area (Å²) in [6.07, 6.45) is 1.93. The molecular formula is C19H30IN5. The minimum Gasteiger partial charge on any atom is -0.352 e. The molecule has 25 heavy (non-hydrogen) atoms. The van der Waals surface area contributed by atoms with Crippen LogP contribution in [0.2, 0.25) is 0 Å². The van der Waals surface area contributed by atoms with E-state index in [0.29, 0.717) is 0 Å². The predicted molar refractivity (Wildman–Crippen MR) is 116 cm³/mol. The smallest absolute Gasteiger partial charge is 0.191 e. The number of benzene rings is 1. The van der Waals surface area contributed by atoms with Gasteiger partial charge in [0.2, 0.25) is 0 Å². The van der Waals surface area contributed by atoms with E-state index in [-0.39, 0.29) is 24.0 Å². The molecule has 0 aliphatic carbocycles. The summed E-state index contributed by atoms with van der Waals surface area (Å²) in [6.45, 7) is 7.92. The van der Waals surface area contributed by atoms with Crippen molar-refractivity contribution < 1.29 is 0 Å². The van der Waals surface area contributed by atoms with Crippen LogP contribution in [0.15, 0.2) is 29.3 Å². The van der Waals surface area contributed by atoms with Crippen LogP contribution in [-0.2, 0) is 33.0 Å². The fourth-order valence-electron chi connectivity index (χ4n) is 2.88. The van der Waals surface area contributed by atoms with Gasteiger partial charge in [-0.3, -0.25) is 9.67 Å². The molecule has 0 aliphatic heterocycles. The van der Waals surface area contributed by atoms with E-state index in [1.165, 1.54) is 22.4 Å². The molecule has 0 spiro atoms. The Labute approximate surface area is 168 Å². The number of guanidine groups is 1. The lowest BCUT2D eigenvalue weighted by Crippen LogP contribution is -2.36. The highest BCUT2D eigenvalue weighted by atomic mass is 127. The van der Waals surface area contributed by atoms with Gasteiger partial charge in [-0.1, -0.05) is 43.7 Å². The van der Waals surface area contributed by atoms with Gasteiger partial charge < -0.3 is 10.6 Å². The second-order valence-corrected chi connectivity index (χ2v) is 5.97. The van der Waals surface area contributed by atoms with E-state index >= 15 is 0 Å². The lowest BCUT2D eigenvalue weighted by Gasteiger charge is -2.13. The van der Waals surface area contributed by atoms with Crippen molar-refractivity contribution in [3.63, 3.8) is 0 Å². The summed E-state index contributed by atoms with van der Waals surface area (Å²) in [5.74, 6) is 0.809. The molecule has 2 N–H and O–H groups in total. The van der Waals surface area contributed by atoms with Crippen molar-refractivity contribution >= 4 is 29.9 Å². The second-order valence-electron chi connectivity index (χ2n) is 5.97. The SMILES string of the molecule is CCc1nn(C)c(CC)c1CNC(=NC)NCc1ccc(C)cc1.I. The van der Waals surface area contributed by atoms with Gasteiger partial charge in [-0.15, -0.1) is 24.0 Å². The number of hydrogen-bond donors (Lipinski definition) is 2. The zero-order valence-electron chi connectivity index (χ0n) is 15.9. The molecule has 2 rings (SSSR count). The average Bonchev–Trinajstić information content (AvgIpc) is 2.91. The molecule has 1 aromatic carbocycles. The van der Waals surface area contributed by atoms with Gasteiger partial charge in [0.1, 0.15) is 0 Å². The van der Waals surface area contributed by atoms with E-state index in [1.807, 2.05) is 11.7 Å². The number of hydrogen-bond acceptors (Lipinski definition) is 2. The van der Waals surface area contributed by atoms with Crippen LogP contribution in [0.25, 0.3) is 0 Å². The van der Waals surface area contributed by atoms with Gasteiger partial charge in [0.25, 0.3) is 0 Å². The normalized spacial score (nSPS) is 11.2. The van der Waals surface area contributed by atoms with E-state index in [4.69, 9.17) is 0 Å². The standard InChI is InChI=1S/C19H29N5.HI/c1-6-17-16(18(7-2)24(5)23-17)13-22-19(20-4)21-12-15-10-8-14(3)9-11-15;/h8-11H,6-7,12-13H2,1-5H3,(H2,20,21,22);1H. The largest absolute Gasteiger partial charge is 0.352 e. The zero-order chi connectivity index (χ0) is 17.5. The van der Waals surface area contributed by atoms with Crippen LogP contribution in [-0.4, -0.2) is 22.8 Å². The third-order valence-corrected chi connectivity index (χ3v) is 4.26. The van der Waals surface area contributed by atoms with Crippen molar-refractivity contribution in [2.45, 2.75) is 46.7 Å². The Balaban J connectivity index is 0.00000312. The fraction of sp³-hybridized carbons (Fsp3) is 0.474. The topological polar surface area (TPSA) is 54.2 Å². The number of halogens is 1. The van der Waals surface area contributed by atoms with Gasteiger partial charge in [0, 0.05) is 38.4 Å². The van der Waals surface area contributed by atoms with Crippen LogP contribution < -0.4 is 10.6 Å². The van der Waals surface area contributed by atoms with Crippen molar-refractivity contribution in [3.05, 3.63) is 52.3 Å². The number of aliphatic imine (C=N–C) groups is 1. The first-order chi connectivity index (χ1) is 11.6. The highest BCUT2D eigenvalue weighted by molar-refractivity contribution is 14.0. The summed E-state index contributed by atoms with van der Waals surface area (Å²) in [4.78, 5) is 4.32. The Morgan fingerprint density at radius 1 is 1.08 bits per heavy atom. The fourth-order valence-corrected chi connectivity index (χ4v) is 2.88. The van der Waals surface area contributed by atoms with E-state index in [9.17, 15) is 0 Å². The first-order valence-corrected chi connectivity index (χ1v) is 8.62. The first-order valence-electron chi connectivity index (χ1n) is 8.62. The van der Waals surface area contributed by atoms with Crippen LogP contribution >= 0.6 is 24.0 Å².